The Morgan fingerprint density at radius 1 is 1.69 bits per heavy atom. The second-order valence-corrected chi connectivity index (χ2v) is 2.93. The summed E-state index contributed by atoms with van der Waals surface area (Å²) in [6.07, 6.45) is 3.19. The van der Waals surface area contributed by atoms with Crippen molar-refractivity contribution in [3.8, 4) is 0 Å². The minimum absolute atomic E-state index is 0.189. The Bertz CT molecular complexity index is 359. The first kappa shape index (κ1) is 8.31. The quantitative estimate of drug-likeness (QED) is 0.676. The molecule has 5 nitrogen and oxygen atoms in total. The van der Waals surface area contributed by atoms with Gasteiger partial charge in [0.25, 0.3) is 0 Å². The highest BCUT2D eigenvalue weighted by Gasteiger charge is 2.20. The Labute approximate surface area is 80.4 Å². The molecule has 0 spiro atoms. The third-order valence-electron chi connectivity index (χ3n) is 1.72. The van der Waals surface area contributed by atoms with Crippen molar-refractivity contribution < 1.29 is 4.74 Å². The molecule has 0 fully saturated rings. The fourth-order valence-corrected chi connectivity index (χ4v) is 1.20. The number of rotatable bonds is 2. The lowest BCUT2D eigenvalue weighted by atomic mass is 10.3. The highest BCUT2D eigenvalue weighted by Crippen LogP contribution is 2.24. The number of hydrogen-bond acceptors (Lipinski definition) is 4. The van der Waals surface area contributed by atoms with Gasteiger partial charge in [-0.3, -0.25) is 4.68 Å². The molecule has 0 bridgehead atoms. The van der Waals surface area contributed by atoms with Crippen molar-refractivity contribution in [2.24, 2.45) is 10.2 Å². The Hall–Kier alpha value is -1.30. The molecule has 1 aliphatic heterocycles. The van der Waals surface area contributed by atoms with E-state index in [4.69, 9.17) is 17.0 Å². The van der Waals surface area contributed by atoms with E-state index in [0.717, 1.165) is 12.1 Å². The maximum atomic E-state index is 5.15. The second kappa shape index (κ2) is 3.21. The lowest BCUT2D eigenvalue weighted by molar-refractivity contribution is 0.227. The van der Waals surface area contributed by atoms with Gasteiger partial charge in [0.05, 0.1) is 11.8 Å². The number of nitrogens with zero attached hydrogens (tertiary/aromatic N) is 4. The molecule has 2 rings (SSSR count). The van der Waals surface area contributed by atoms with E-state index in [1.165, 1.54) is 0 Å². The van der Waals surface area contributed by atoms with Gasteiger partial charge in [0.15, 0.2) is 0 Å². The smallest absolute Gasteiger partial charge is 0.304 e. The molecule has 1 aliphatic rings. The number of aryl methyl sites for hydroxylation is 1. The van der Waals surface area contributed by atoms with E-state index >= 15 is 0 Å². The monoisotopic (exact) mass is 196 g/mol. The zero-order valence-electron chi connectivity index (χ0n) is 7.04. The molecule has 0 aliphatic carbocycles. The van der Waals surface area contributed by atoms with Gasteiger partial charge < -0.3 is 4.74 Å². The second-order valence-electron chi connectivity index (χ2n) is 2.58. The Balaban J connectivity index is 2.17. The van der Waals surface area contributed by atoms with Crippen LogP contribution in [0.2, 0.25) is 0 Å². The van der Waals surface area contributed by atoms with Crippen LogP contribution in [0.4, 0.5) is 0 Å². The van der Waals surface area contributed by atoms with Crippen LogP contribution in [0, 0.1) is 0 Å². The minimum Gasteiger partial charge on any atom is -0.436 e. The van der Waals surface area contributed by atoms with Gasteiger partial charge in [0, 0.05) is 12.7 Å². The van der Waals surface area contributed by atoms with E-state index in [0.29, 0.717) is 0 Å². The molecule has 2 heterocycles. The van der Waals surface area contributed by atoms with Gasteiger partial charge >= 0.3 is 5.17 Å². The summed E-state index contributed by atoms with van der Waals surface area (Å²) < 4.78 is 6.95. The third-order valence-corrected chi connectivity index (χ3v) is 1.90. The summed E-state index contributed by atoms with van der Waals surface area (Å²) in [6, 6.07) is 0. The molecule has 1 atom stereocenters. The molecule has 1 unspecified atom stereocenters. The maximum Gasteiger partial charge on any atom is 0.304 e. The van der Waals surface area contributed by atoms with Crippen molar-refractivity contribution in [3.63, 3.8) is 0 Å². The van der Waals surface area contributed by atoms with E-state index in [-0.39, 0.29) is 5.17 Å². The molecule has 1 aromatic rings. The van der Waals surface area contributed by atoms with Gasteiger partial charge in [-0.05, 0) is 19.1 Å². The highest BCUT2D eigenvalue weighted by atomic mass is 32.1. The van der Waals surface area contributed by atoms with Crippen LogP contribution < -0.4 is 0 Å². The average Bonchev–Trinajstić information content (AvgIpc) is 2.71. The van der Waals surface area contributed by atoms with Gasteiger partial charge in [0.2, 0.25) is 6.23 Å². The Kier molecular flexibility index (Phi) is 2.05. The number of thiocarbonyl (C=S) groups is 1. The van der Waals surface area contributed by atoms with E-state index in [1.807, 2.05) is 13.1 Å². The fourth-order valence-electron chi connectivity index (χ4n) is 1.06. The predicted molar refractivity (Wildman–Crippen MR) is 49.2 cm³/mol. The molecular weight excluding hydrogens is 188 g/mol. The maximum absolute atomic E-state index is 5.15. The topological polar surface area (TPSA) is 51.8 Å². The summed E-state index contributed by atoms with van der Waals surface area (Å²) in [5.74, 6) is 0. The third kappa shape index (κ3) is 1.57. The zero-order chi connectivity index (χ0) is 9.26. The first-order valence-electron chi connectivity index (χ1n) is 3.93. The van der Waals surface area contributed by atoms with Crippen LogP contribution in [0.3, 0.4) is 0 Å². The molecular formula is C7H8N4OS. The molecule has 1 aromatic heterocycles. The van der Waals surface area contributed by atoms with E-state index in [2.05, 4.69) is 15.3 Å². The van der Waals surface area contributed by atoms with Crippen LogP contribution in [0.15, 0.2) is 22.6 Å². The number of hydrogen-bond donors (Lipinski definition) is 0. The SMILES string of the molecule is CCn1cc(C2N=NC(=S)O2)cn1. The van der Waals surface area contributed by atoms with Crippen LogP contribution >= 0.6 is 12.2 Å². The first-order valence-corrected chi connectivity index (χ1v) is 4.34. The molecule has 6 heteroatoms. The molecule has 0 N–H and O–H groups in total. The standard InChI is InChI=1S/C7H8N4OS/c1-2-11-4-5(3-8-11)6-9-10-7(13)12-6/h3-4,6H,2H2,1H3. The summed E-state index contributed by atoms with van der Waals surface area (Å²) >= 11 is 4.72. The summed E-state index contributed by atoms with van der Waals surface area (Å²) in [4.78, 5) is 0. The molecule has 0 aromatic carbocycles. The molecule has 0 saturated heterocycles. The minimum atomic E-state index is -0.396. The molecule has 13 heavy (non-hydrogen) atoms. The normalized spacial score (nSPS) is 20.7. The average molecular weight is 196 g/mol. The number of azo groups is 1. The number of aromatic nitrogens is 2. The summed E-state index contributed by atoms with van der Waals surface area (Å²) in [7, 11) is 0. The van der Waals surface area contributed by atoms with Crippen molar-refractivity contribution in [1.82, 2.24) is 9.78 Å². The largest absolute Gasteiger partial charge is 0.436 e. The summed E-state index contributed by atoms with van der Waals surface area (Å²) in [6.45, 7) is 2.84. The van der Waals surface area contributed by atoms with Crippen molar-refractivity contribution in [2.45, 2.75) is 19.7 Å². The zero-order valence-corrected chi connectivity index (χ0v) is 7.86. The van der Waals surface area contributed by atoms with Crippen molar-refractivity contribution >= 4 is 17.4 Å². The van der Waals surface area contributed by atoms with Crippen LogP contribution in [-0.2, 0) is 11.3 Å². The van der Waals surface area contributed by atoms with E-state index < -0.39 is 6.23 Å². The van der Waals surface area contributed by atoms with Gasteiger partial charge in [-0.15, -0.1) is 10.2 Å². The van der Waals surface area contributed by atoms with Crippen LogP contribution in [0.1, 0.15) is 18.7 Å². The molecule has 0 saturated carbocycles. The first-order chi connectivity index (χ1) is 6.29. The van der Waals surface area contributed by atoms with Crippen LogP contribution in [0.25, 0.3) is 0 Å². The highest BCUT2D eigenvalue weighted by molar-refractivity contribution is 7.80. The summed E-state index contributed by atoms with van der Waals surface area (Å²) in [5.41, 5.74) is 0.880. The van der Waals surface area contributed by atoms with Crippen molar-refractivity contribution in [2.75, 3.05) is 0 Å². The van der Waals surface area contributed by atoms with Gasteiger partial charge in [0.1, 0.15) is 0 Å². The molecule has 0 radical (unpaired) electrons. The van der Waals surface area contributed by atoms with Crippen molar-refractivity contribution in [1.29, 1.82) is 0 Å². The Morgan fingerprint density at radius 2 is 2.54 bits per heavy atom. The van der Waals surface area contributed by atoms with Gasteiger partial charge in [-0.25, -0.2) is 0 Å². The lowest BCUT2D eigenvalue weighted by Gasteiger charge is -2.01. The number of ether oxygens (including phenoxy) is 1. The Morgan fingerprint density at radius 3 is 3.08 bits per heavy atom. The van der Waals surface area contributed by atoms with Gasteiger partial charge in [-0.2, -0.15) is 5.10 Å². The van der Waals surface area contributed by atoms with Gasteiger partial charge in [-0.1, -0.05) is 0 Å². The fraction of sp³-hybridized carbons (Fsp3) is 0.429. The molecule has 68 valence electrons. The summed E-state index contributed by atoms with van der Waals surface area (Å²) in [5, 5.41) is 11.8. The van der Waals surface area contributed by atoms with Crippen molar-refractivity contribution in [3.05, 3.63) is 18.0 Å². The van der Waals surface area contributed by atoms with Crippen LogP contribution in [0.5, 0.6) is 0 Å². The lowest BCUT2D eigenvalue weighted by Crippen LogP contribution is -1.97. The molecule has 0 amide bonds. The van der Waals surface area contributed by atoms with Crippen LogP contribution in [-0.4, -0.2) is 15.0 Å². The predicted octanol–water partition coefficient (Wildman–Crippen LogP) is 1.67. The van der Waals surface area contributed by atoms with E-state index in [9.17, 15) is 0 Å². The van der Waals surface area contributed by atoms with E-state index in [1.54, 1.807) is 10.9 Å².